The molecule has 8 heteroatoms. The molecule has 4 atom stereocenters. The lowest BCUT2D eigenvalue weighted by Crippen LogP contribution is -2.52. The molecule has 0 bridgehead atoms. The summed E-state index contributed by atoms with van der Waals surface area (Å²) in [6.07, 6.45) is -0.973. The Kier molecular flexibility index (Phi) is 13.2. The largest absolute Gasteiger partial charge is 0.407 e. The van der Waals surface area contributed by atoms with E-state index in [4.69, 9.17) is 8.85 Å². The number of hydrogen-bond acceptors (Lipinski definition) is 4. The molecule has 53 heavy (non-hydrogen) atoms. The summed E-state index contributed by atoms with van der Waals surface area (Å²) in [5, 5.41) is 6.52. The number of benzene rings is 4. The molecule has 0 spiro atoms. The lowest BCUT2D eigenvalue weighted by atomic mass is 9.87. The molecule has 4 aromatic carbocycles. The second kappa shape index (κ2) is 16.7. The summed E-state index contributed by atoms with van der Waals surface area (Å²) in [6, 6.07) is 38.9. The molecule has 4 aromatic rings. The van der Waals surface area contributed by atoms with Gasteiger partial charge in [0.05, 0.1) is 24.3 Å². The minimum Gasteiger partial charge on any atom is -0.407 e. The van der Waals surface area contributed by atoms with Gasteiger partial charge in [0.2, 0.25) is 11.8 Å². The Morgan fingerprint density at radius 2 is 0.698 bits per heavy atom. The van der Waals surface area contributed by atoms with E-state index in [0.29, 0.717) is 0 Å². The summed E-state index contributed by atoms with van der Waals surface area (Å²) in [7, 11) is -4.69. The molecule has 0 aliphatic carbocycles. The van der Waals surface area contributed by atoms with Crippen molar-refractivity contribution in [2.24, 2.45) is 5.41 Å². The van der Waals surface area contributed by atoms with Gasteiger partial charge in [-0.25, -0.2) is 0 Å². The smallest absolute Gasteiger partial charge is 0.235 e. The molecule has 6 nitrogen and oxygen atoms in total. The van der Waals surface area contributed by atoms with E-state index in [9.17, 15) is 9.59 Å². The highest BCUT2D eigenvalue weighted by Crippen LogP contribution is 2.45. The molecule has 284 valence electrons. The molecule has 0 saturated carbocycles. The van der Waals surface area contributed by atoms with Crippen LogP contribution >= 0.6 is 0 Å². The molecule has 0 fully saturated rings. The first-order chi connectivity index (χ1) is 24.7. The van der Waals surface area contributed by atoms with Crippen LogP contribution in [0.15, 0.2) is 121 Å². The normalized spacial score (nSPS) is 15.2. The van der Waals surface area contributed by atoms with Crippen LogP contribution < -0.4 is 10.6 Å². The monoisotopic (exact) mass is 750 g/mol. The highest BCUT2D eigenvalue weighted by atomic mass is 28.4. The Balaban J connectivity index is 1.75. The zero-order valence-electron chi connectivity index (χ0n) is 34.0. The third kappa shape index (κ3) is 10.2. The molecule has 2 N–H and O–H groups in total. The molecule has 0 saturated heterocycles. The van der Waals surface area contributed by atoms with Crippen LogP contribution in [0, 0.1) is 5.41 Å². The van der Waals surface area contributed by atoms with Gasteiger partial charge in [-0.1, -0.05) is 163 Å². The van der Waals surface area contributed by atoms with Gasteiger partial charge in [0, 0.05) is 0 Å². The molecule has 0 heterocycles. The van der Waals surface area contributed by atoms with Crippen molar-refractivity contribution in [3.63, 3.8) is 0 Å². The first-order valence-electron chi connectivity index (χ1n) is 18.8. The predicted octanol–water partition coefficient (Wildman–Crippen LogP) is 11.3. The highest BCUT2D eigenvalue weighted by molar-refractivity contribution is 6.74. The van der Waals surface area contributed by atoms with Gasteiger partial charge in [0.1, 0.15) is 5.41 Å². The molecule has 2 amide bonds. The SMILES string of the molecule is CC(C)(C(=O)N[C@@H](c1ccccc1)[C@H](O[Si](C)(C)C(C)(C)C)c1ccccc1)C(=O)N[C@@H](c1ccccc1)[C@H](O[Si](C)(C)C(C)(C)C)c1ccccc1. The predicted molar refractivity (Wildman–Crippen MR) is 223 cm³/mol. The van der Waals surface area contributed by atoms with E-state index >= 15 is 0 Å². The molecular weight excluding hydrogens is 689 g/mol. The van der Waals surface area contributed by atoms with Crippen LogP contribution in [-0.2, 0) is 18.4 Å². The number of carbonyl (C=O) groups is 2. The van der Waals surface area contributed by atoms with E-state index < -0.39 is 58.2 Å². The Morgan fingerprint density at radius 3 is 0.943 bits per heavy atom. The molecule has 0 radical (unpaired) electrons. The Hall–Kier alpha value is -3.83. The third-order valence-corrected chi connectivity index (χ3v) is 20.3. The van der Waals surface area contributed by atoms with Crippen LogP contribution in [0.1, 0.15) is 102 Å². The lowest BCUT2D eigenvalue weighted by Gasteiger charge is -2.43. The fraction of sp³-hybridized carbons (Fsp3) is 0.422. The first kappa shape index (κ1) is 41.9. The number of nitrogens with one attached hydrogen (secondary N) is 2. The number of carbonyl (C=O) groups excluding carboxylic acids is 2. The molecule has 0 aliphatic heterocycles. The quantitative estimate of drug-likeness (QED) is 0.0994. The molecule has 0 aliphatic rings. The van der Waals surface area contributed by atoms with Gasteiger partial charge in [0.15, 0.2) is 16.6 Å². The first-order valence-corrected chi connectivity index (χ1v) is 24.6. The zero-order valence-corrected chi connectivity index (χ0v) is 36.0. The Labute approximate surface area is 321 Å². The minimum absolute atomic E-state index is 0.0708. The maximum atomic E-state index is 14.7. The van der Waals surface area contributed by atoms with Crippen LogP contribution in [0.25, 0.3) is 0 Å². The molecular formula is C45H62N2O4Si2. The topological polar surface area (TPSA) is 76.7 Å². The molecule has 0 unspecified atom stereocenters. The number of amides is 2. The summed E-state index contributed by atoms with van der Waals surface area (Å²) in [4.78, 5) is 29.3. The maximum Gasteiger partial charge on any atom is 0.235 e. The minimum atomic E-state index is -2.34. The Bertz CT molecular complexity index is 1640. The fourth-order valence-corrected chi connectivity index (χ4v) is 8.19. The summed E-state index contributed by atoms with van der Waals surface area (Å²) >= 11 is 0. The second-order valence-electron chi connectivity index (χ2n) is 17.8. The van der Waals surface area contributed by atoms with Crippen molar-refractivity contribution >= 4 is 28.4 Å². The van der Waals surface area contributed by atoms with Crippen LogP contribution in [0.5, 0.6) is 0 Å². The van der Waals surface area contributed by atoms with Crippen molar-refractivity contribution in [1.29, 1.82) is 0 Å². The second-order valence-corrected chi connectivity index (χ2v) is 27.3. The van der Waals surface area contributed by atoms with Crippen LogP contribution in [0.4, 0.5) is 0 Å². The maximum absolute atomic E-state index is 14.7. The van der Waals surface area contributed by atoms with Crippen LogP contribution in [-0.4, -0.2) is 28.4 Å². The van der Waals surface area contributed by atoms with Crippen molar-refractivity contribution in [3.8, 4) is 0 Å². The van der Waals surface area contributed by atoms with Gasteiger partial charge in [-0.3, -0.25) is 9.59 Å². The van der Waals surface area contributed by atoms with E-state index in [0.717, 1.165) is 22.3 Å². The van der Waals surface area contributed by atoms with Crippen LogP contribution in [0.3, 0.4) is 0 Å². The zero-order chi connectivity index (χ0) is 39.2. The lowest BCUT2D eigenvalue weighted by molar-refractivity contribution is -0.143. The van der Waals surface area contributed by atoms with Crippen molar-refractivity contribution in [2.45, 2.75) is 116 Å². The van der Waals surface area contributed by atoms with Crippen molar-refractivity contribution in [1.82, 2.24) is 10.6 Å². The van der Waals surface area contributed by atoms with Gasteiger partial charge in [0.25, 0.3) is 0 Å². The molecule has 0 aromatic heterocycles. The Morgan fingerprint density at radius 1 is 0.453 bits per heavy atom. The summed E-state index contributed by atoms with van der Waals surface area (Å²) in [5.74, 6) is -0.783. The van der Waals surface area contributed by atoms with Crippen molar-refractivity contribution in [2.75, 3.05) is 0 Å². The van der Waals surface area contributed by atoms with E-state index in [1.807, 2.05) is 121 Å². The van der Waals surface area contributed by atoms with E-state index in [-0.39, 0.29) is 10.1 Å². The van der Waals surface area contributed by atoms with Gasteiger partial charge in [-0.05, 0) is 72.4 Å². The number of hydrogen-bond donors (Lipinski definition) is 2. The van der Waals surface area contributed by atoms with Crippen molar-refractivity contribution < 1.29 is 18.4 Å². The average Bonchev–Trinajstić information content (AvgIpc) is 3.11. The van der Waals surface area contributed by atoms with E-state index in [2.05, 4.69) is 78.4 Å². The summed E-state index contributed by atoms with van der Waals surface area (Å²) < 4.78 is 14.3. The summed E-state index contributed by atoms with van der Waals surface area (Å²) in [5.41, 5.74) is 2.27. The molecule has 4 rings (SSSR count). The van der Waals surface area contributed by atoms with Gasteiger partial charge < -0.3 is 19.5 Å². The van der Waals surface area contributed by atoms with Gasteiger partial charge >= 0.3 is 0 Å². The van der Waals surface area contributed by atoms with Crippen molar-refractivity contribution in [3.05, 3.63) is 144 Å². The standard InChI is InChI=1S/C45H62N2O4Si2/c1-43(2,3)52(9,10)50-39(35-29-21-15-22-30-35)37(33-25-17-13-18-26-33)46-41(48)45(7,8)42(49)47-38(34-27-19-14-20-28-34)40(36-31-23-16-24-32-36)51-53(11,12)44(4,5)6/h13-32,37-40H,1-12H3,(H,46,48)(H,47,49)/t37-,38-,39+,40+/m0/s1. The number of rotatable bonds is 14. The van der Waals surface area contributed by atoms with E-state index in [1.165, 1.54) is 0 Å². The highest BCUT2D eigenvalue weighted by Gasteiger charge is 2.46. The summed E-state index contributed by atoms with van der Waals surface area (Å²) in [6.45, 7) is 25.6. The van der Waals surface area contributed by atoms with Crippen LogP contribution in [0.2, 0.25) is 36.3 Å². The van der Waals surface area contributed by atoms with E-state index in [1.54, 1.807) is 13.8 Å². The fourth-order valence-electron chi connectivity index (χ4n) is 5.67. The van der Waals surface area contributed by atoms with Gasteiger partial charge in [-0.2, -0.15) is 0 Å². The van der Waals surface area contributed by atoms with Gasteiger partial charge in [-0.15, -0.1) is 0 Å². The average molecular weight is 751 g/mol. The third-order valence-electron chi connectivity index (χ3n) is 11.3.